The topological polar surface area (TPSA) is 83.8 Å². The molecule has 0 radical (unpaired) electrons. The maximum absolute atomic E-state index is 11.4. The zero-order chi connectivity index (χ0) is 24.8. The number of carboxylic acids is 1. The highest BCUT2D eigenvalue weighted by atomic mass is 16.5. The third-order valence-electron chi connectivity index (χ3n) is 5.87. The molecule has 1 aromatic rings. The molecule has 0 fully saturated rings. The Labute approximate surface area is 198 Å². The van der Waals surface area contributed by atoms with E-state index in [1.54, 1.807) is 0 Å². The fourth-order valence-corrected chi connectivity index (χ4v) is 3.57. The average molecular weight is 457 g/mol. The Balaban J connectivity index is 2.37. The van der Waals surface area contributed by atoms with Gasteiger partial charge in [-0.05, 0) is 95.9 Å². The Morgan fingerprint density at radius 1 is 0.970 bits per heavy atom. The molecule has 0 heterocycles. The molecular formula is C28H40O5. The van der Waals surface area contributed by atoms with Crippen LogP contribution in [0.25, 0.3) is 0 Å². The molecule has 0 unspecified atom stereocenters. The van der Waals surface area contributed by atoms with Crippen LogP contribution in [0.4, 0.5) is 0 Å². The Kier molecular flexibility index (Phi) is 12.9. The number of carbonyl (C=O) groups excluding carboxylic acids is 1. The Morgan fingerprint density at radius 3 is 2.12 bits per heavy atom. The van der Waals surface area contributed by atoms with Crippen molar-refractivity contribution in [3.8, 4) is 5.75 Å². The summed E-state index contributed by atoms with van der Waals surface area (Å²) in [7, 11) is 1.44. The number of aromatic carboxylic acids is 1. The molecule has 182 valence electrons. The third-order valence-corrected chi connectivity index (χ3v) is 5.87. The SMILES string of the molecule is COC(=O)[C@@H](C)CCC/C(C)=C/CC/C(C)=C/CC/C(C)=C/Cc1cc(C(=O)O)ccc1O. The number of phenols is 1. The molecular weight excluding hydrogens is 416 g/mol. The van der Waals surface area contributed by atoms with Gasteiger partial charge in [-0.15, -0.1) is 0 Å². The van der Waals surface area contributed by atoms with E-state index in [9.17, 15) is 14.7 Å². The van der Waals surface area contributed by atoms with E-state index < -0.39 is 5.97 Å². The van der Waals surface area contributed by atoms with Gasteiger partial charge in [0.1, 0.15) is 5.75 Å². The number of esters is 1. The molecule has 0 amide bonds. The molecule has 2 N–H and O–H groups in total. The molecule has 5 nitrogen and oxygen atoms in total. The molecule has 0 bridgehead atoms. The number of allylic oxidation sites excluding steroid dienone is 6. The lowest BCUT2D eigenvalue weighted by Gasteiger charge is -2.08. The van der Waals surface area contributed by atoms with E-state index in [1.165, 1.54) is 42.0 Å². The summed E-state index contributed by atoms with van der Waals surface area (Å²) in [5.74, 6) is -1.03. The van der Waals surface area contributed by atoms with Gasteiger partial charge in [0.2, 0.25) is 0 Å². The third kappa shape index (κ3) is 11.6. The Morgan fingerprint density at radius 2 is 1.55 bits per heavy atom. The average Bonchev–Trinajstić information content (AvgIpc) is 2.77. The summed E-state index contributed by atoms with van der Waals surface area (Å²) in [4.78, 5) is 22.5. The number of carboxylic acid groups (broad SMARTS) is 1. The molecule has 0 aliphatic heterocycles. The van der Waals surface area contributed by atoms with Crippen LogP contribution in [0, 0.1) is 5.92 Å². The van der Waals surface area contributed by atoms with Crippen LogP contribution in [0.15, 0.2) is 53.1 Å². The van der Waals surface area contributed by atoms with Crippen LogP contribution < -0.4 is 0 Å². The van der Waals surface area contributed by atoms with Crippen LogP contribution in [0.1, 0.15) is 88.6 Å². The van der Waals surface area contributed by atoms with Gasteiger partial charge in [-0.25, -0.2) is 4.79 Å². The standard InChI is InChI=1S/C28H40O5/c1-20(9-6-10-21(2)13-8-14-23(4)28(32)33-5)11-7-12-22(3)15-16-24-19-25(27(30)31)17-18-26(24)29/h10-11,15,17-19,23,29H,6-9,12-14,16H2,1-5H3,(H,30,31)/b20-11+,21-10+,22-15+/t23-/m0/s1. The van der Waals surface area contributed by atoms with Gasteiger partial charge in [-0.3, -0.25) is 4.79 Å². The molecule has 0 aromatic heterocycles. The molecule has 1 rings (SSSR count). The number of methoxy groups -OCH3 is 1. The van der Waals surface area contributed by atoms with E-state index in [2.05, 4.69) is 39.0 Å². The zero-order valence-corrected chi connectivity index (χ0v) is 20.8. The summed E-state index contributed by atoms with van der Waals surface area (Å²) in [5, 5.41) is 19.0. The first-order valence-corrected chi connectivity index (χ1v) is 11.7. The van der Waals surface area contributed by atoms with Crippen molar-refractivity contribution in [2.24, 2.45) is 5.92 Å². The minimum atomic E-state index is -0.990. The highest BCUT2D eigenvalue weighted by Gasteiger charge is 2.12. The highest BCUT2D eigenvalue weighted by Crippen LogP contribution is 2.21. The molecule has 1 aromatic carbocycles. The van der Waals surface area contributed by atoms with E-state index >= 15 is 0 Å². The first-order valence-electron chi connectivity index (χ1n) is 11.7. The van der Waals surface area contributed by atoms with Crippen LogP contribution >= 0.6 is 0 Å². The summed E-state index contributed by atoms with van der Waals surface area (Å²) in [6, 6.07) is 4.38. The number of ether oxygens (including phenoxy) is 1. The number of benzene rings is 1. The first-order chi connectivity index (χ1) is 15.6. The maximum Gasteiger partial charge on any atom is 0.335 e. The summed E-state index contributed by atoms with van der Waals surface area (Å²) in [5.41, 5.74) is 4.78. The van der Waals surface area contributed by atoms with Crippen molar-refractivity contribution in [2.75, 3.05) is 7.11 Å². The molecule has 0 spiro atoms. The predicted molar refractivity (Wildman–Crippen MR) is 134 cm³/mol. The monoisotopic (exact) mass is 456 g/mol. The van der Waals surface area contributed by atoms with E-state index in [-0.39, 0.29) is 23.2 Å². The number of hydrogen-bond donors (Lipinski definition) is 2. The van der Waals surface area contributed by atoms with Crippen LogP contribution in [-0.4, -0.2) is 29.3 Å². The molecule has 0 aliphatic rings. The second-order valence-corrected chi connectivity index (χ2v) is 8.90. The maximum atomic E-state index is 11.4. The minimum Gasteiger partial charge on any atom is -0.508 e. The molecule has 0 saturated heterocycles. The Bertz CT molecular complexity index is 876. The molecule has 5 heteroatoms. The van der Waals surface area contributed by atoms with E-state index in [0.29, 0.717) is 12.0 Å². The van der Waals surface area contributed by atoms with Crippen molar-refractivity contribution in [2.45, 2.75) is 79.1 Å². The molecule has 33 heavy (non-hydrogen) atoms. The van der Waals surface area contributed by atoms with Gasteiger partial charge >= 0.3 is 11.9 Å². The van der Waals surface area contributed by atoms with E-state index in [1.807, 2.05) is 6.92 Å². The van der Waals surface area contributed by atoms with Gasteiger partial charge in [0.15, 0.2) is 0 Å². The fourth-order valence-electron chi connectivity index (χ4n) is 3.57. The van der Waals surface area contributed by atoms with Crippen molar-refractivity contribution in [1.82, 2.24) is 0 Å². The summed E-state index contributed by atoms with van der Waals surface area (Å²) in [6.45, 7) is 8.29. The van der Waals surface area contributed by atoms with Crippen LogP contribution in [0.5, 0.6) is 5.75 Å². The van der Waals surface area contributed by atoms with Gasteiger partial charge in [0.25, 0.3) is 0 Å². The van der Waals surface area contributed by atoms with Crippen LogP contribution in [0.3, 0.4) is 0 Å². The molecule has 0 aliphatic carbocycles. The molecule has 0 saturated carbocycles. The van der Waals surface area contributed by atoms with E-state index in [4.69, 9.17) is 9.84 Å². The van der Waals surface area contributed by atoms with Crippen molar-refractivity contribution in [3.63, 3.8) is 0 Å². The van der Waals surface area contributed by atoms with Crippen molar-refractivity contribution in [3.05, 3.63) is 64.3 Å². The van der Waals surface area contributed by atoms with Crippen molar-refractivity contribution in [1.29, 1.82) is 0 Å². The van der Waals surface area contributed by atoms with Gasteiger partial charge in [-0.1, -0.05) is 41.9 Å². The smallest absolute Gasteiger partial charge is 0.335 e. The van der Waals surface area contributed by atoms with Crippen molar-refractivity contribution >= 4 is 11.9 Å². The van der Waals surface area contributed by atoms with Gasteiger partial charge in [-0.2, -0.15) is 0 Å². The van der Waals surface area contributed by atoms with Crippen LogP contribution in [-0.2, 0) is 16.0 Å². The summed E-state index contributed by atoms with van der Waals surface area (Å²) < 4.78 is 4.77. The lowest BCUT2D eigenvalue weighted by molar-refractivity contribution is -0.145. The second kappa shape index (κ2) is 15.1. The highest BCUT2D eigenvalue weighted by molar-refractivity contribution is 5.88. The van der Waals surface area contributed by atoms with Gasteiger partial charge in [0, 0.05) is 0 Å². The number of aromatic hydroxyl groups is 1. The van der Waals surface area contributed by atoms with E-state index in [0.717, 1.165) is 44.9 Å². The normalized spacial score (nSPS) is 13.7. The largest absolute Gasteiger partial charge is 0.508 e. The quantitative estimate of drug-likeness (QED) is 0.232. The van der Waals surface area contributed by atoms with Gasteiger partial charge in [0.05, 0.1) is 18.6 Å². The Hall–Kier alpha value is -2.82. The lowest BCUT2D eigenvalue weighted by Crippen LogP contribution is -2.12. The predicted octanol–water partition coefficient (Wildman–Crippen LogP) is 7.01. The second-order valence-electron chi connectivity index (χ2n) is 8.90. The molecule has 1 atom stereocenters. The summed E-state index contributed by atoms with van der Waals surface area (Å²) in [6.07, 6.45) is 14.0. The first kappa shape index (κ1) is 28.2. The minimum absolute atomic E-state index is 0.0360. The lowest BCUT2D eigenvalue weighted by atomic mass is 10.0. The fraction of sp³-hybridized carbons (Fsp3) is 0.500. The zero-order valence-electron chi connectivity index (χ0n) is 20.8. The summed E-state index contributed by atoms with van der Waals surface area (Å²) >= 11 is 0. The number of rotatable bonds is 14. The number of phenolic OH excluding ortho intramolecular Hbond substituents is 1. The van der Waals surface area contributed by atoms with Crippen LogP contribution in [0.2, 0.25) is 0 Å². The van der Waals surface area contributed by atoms with Crippen molar-refractivity contribution < 1.29 is 24.5 Å². The number of carbonyl (C=O) groups is 2. The number of hydrogen-bond acceptors (Lipinski definition) is 4. The van der Waals surface area contributed by atoms with Gasteiger partial charge < -0.3 is 14.9 Å².